The van der Waals surface area contributed by atoms with E-state index in [1.54, 1.807) is 24.3 Å². The van der Waals surface area contributed by atoms with Gasteiger partial charge in [-0.3, -0.25) is 10.1 Å². The first-order valence-electron chi connectivity index (χ1n) is 5.89. The van der Waals surface area contributed by atoms with Gasteiger partial charge in [0.25, 0.3) is 5.69 Å². The molecular formula is C14H13FN2O3. The molecule has 2 aromatic carbocycles. The Kier molecular flexibility index (Phi) is 3.84. The lowest BCUT2D eigenvalue weighted by molar-refractivity contribution is -0.385. The monoisotopic (exact) mass is 276 g/mol. The summed E-state index contributed by atoms with van der Waals surface area (Å²) in [6, 6.07) is 9.21. The van der Waals surface area contributed by atoms with Crippen molar-refractivity contribution in [3.05, 3.63) is 63.5 Å². The fourth-order valence-electron chi connectivity index (χ4n) is 1.80. The van der Waals surface area contributed by atoms with Gasteiger partial charge in [0.05, 0.1) is 11.0 Å². The Morgan fingerprint density at radius 2 is 2.10 bits per heavy atom. The van der Waals surface area contributed by atoms with E-state index < -0.39 is 10.7 Å². The SMILES string of the molecule is Cc1cc(OCc2cccc(N)c2)c(F)cc1[N+](=O)[O-]. The summed E-state index contributed by atoms with van der Waals surface area (Å²) in [5.74, 6) is -0.776. The molecule has 0 bridgehead atoms. The lowest BCUT2D eigenvalue weighted by Gasteiger charge is -2.09. The van der Waals surface area contributed by atoms with Crippen LogP contribution < -0.4 is 10.5 Å². The maximum absolute atomic E-state index is 13.7. The molecule has 0 amide bonds. The van der Waals surface area contributed by atoms with Gasteiger partial charge in [-0.25, -0.2) is 4.39 Å². The van der Waals surface area contributed by atoms with Crippen molar-refractivity contribution in [1.29, 1.82) is 0 Å². The van der Waals surface area contributed by atoms with Crippen LogP contribution in [0.3, 0.4) is 0 Å². The third kappa shape index (κ3) is 3.03. The third-order valence-electron chi connectivity index (χ3n) is 2.79. The van der Waals surface area contributed by atoms with Crippen molar-refractivity contribution in [3.8, 4) is 5.75 Å². The Hall–Kier alpha value is -2.63. The highest BCUT2D eigenvalue weighted by molar-refractivity contribution is 5.45. The summed E-state index contributed by atoms with van der Waals surface area (Å²) in [5.41, 5.74) is 7.09. The van der Waals surface area contributed by atoms with Gasteiger partial charge in [0.1, 0.15) is 6.61 Å². The number of nitro groups is 1. The molecule has 0 aliphatic heterocycles. The number of anilines is 1. The van der Waals surface area contributed by atoms with Crippen LogP contribution in [0.15, 0.2) is 36.4 Å². The molecule has 0 heterocycles. The topological polar surface area (TPSA) is 78.4 Å². The number of nitrogens with zero attached hydrogens (tertiary/aromatic N) is 1. The summed E-state index contributed by atoms with van der Waals surface area (Å²) in [4.78, 5) is 10.1. The predicted octanol–water partition coefficient (Wildman–Crippen LogP) is 3.20. The first-order valence-corrected chi connectivity index (χ1v) is 5.89. The van der Waals surface area contributed by atoms with Gasteiger partial charge < -0.3 is 10.5 Å². The third-order valence-corrected chi connectivity index (χ3v) is 2.79. The normalized spacial score (nSPS) is 10.3. The summed E-state index contributed by atoms with van der Waals surface area (Å²) >= 11 is 0. The average Bonchev–Trinajstić information content (AvgIpc) is 2.39. The molecule has 6 heteroatoms. The molecule has 5 nitrogen and oxygen atoms in total. The van der Waals surface area contributed by atoms with Crippen molar-refractivity contribution < 1.29 is 14.1 Å². The van der Waals surface area contributed by atoms with E-state index in [2.05, 4.69) is 0 Å². The Balaban J connectivity index is 2.18. The Bertz CT molecular complexity index is 659. The van der Waals surface area contributed by atoms with Crippen LogP contribution in [0.25, 0.3) is 0 Å². The predicted molar refractivity (Wildman–Crippen MR) is 73.0 cm³/mol. The fourth-order valence-corrected chi connectivity index (χ4v) is 1.80. The van der Waals surface area contributed by atoms with Gasteiger partial charge in [-0.1, -0.05) is 12.1 Å². The molecule has 104 valence electrons. The summed E-state index contributed by atoms with van der Waals surface area (Å²) in [5, 5.41) is 10.7. The highest BCUT2D eigenvalue weighted by atomic mass is 19.1. The number of hydrogen-bond donors (Lipinski definition) is 1. The molecule has 20 heavy (non-hydrogen) atoms. The van der Waals surface area contributed by atoms with E-state index in [4.69, 9.17) is 10.5 Å². The van der Waals surface area contributed by atoms with Crippen LogP contribution >= 0.6 is 0 Å². The van der Waals surface area contributed by atoms with E-state index in [0.29, 0.717) is 11.3 Å². The number of aryl methyl sites for hydroxylation is 1. The van der Waals surface area contributed by atoms with Gasteiger partial charge in [0.15, 0.2) is 11.6 Å². The van der Waals surface area contributed by atoms with Crippen LogP contribution in [0, 0.1) is 22.9 Å². The summed E-state index contributed by atoms with van der Waals surface area (Å²) < 4.78 is 19.1. The quantitative estimate of drug-likeness (QED) is 0.528. The summed E-state index contributed by atoms with van der Waals surface area (Å²) in [6.45, 7) is 1.67. The molecule has 0 saturated heterocycles. The number of ether oxygens (including phenoxy) is 1. The minimum absolute atomic E-state index is 0.0180. The highest BCUT2D eigenvalue weighted by Crippen LogP contribution is 2.27. The number of halogens is 1. The second-order valence-electron chi connectivity index (χ2n) is 4.36. The number of nitrogens with two attached hydrogens (primary N) is 1. The van der Waals surface area contributed by atoms with Gasteiger partial charge in [-0.05, 0) is 30.7 Å². The zero-order valence-electron chi connectivity index (χ0n) is 10.8. The van der Waals surface area contributed by atoms with Crippen molar-refractivity contribution in [2.24, 2.45) is 0 Å². The van der Waals surface area contributed by atoms with E-state index in [-0.39, 0.29) is 18.0 Å². The molecule has 0 spiro atoms. The van der Waals surface area contributed by atoms with Gasteiger partial charge in [0, 0.05) is 11.3 Å². The molecule has 0 atom stereocenters. The second-order valence-corrected chi connectivity index (χ2v) is 4.36. The molecule has 2 aromatic rings. The first-order chi connectivity index (χ1) is 9.47. The van der Waals surface area contributed by atoms with E-state index in [9.17, 15) is 14.5 Å². The number of benzene rings is 2. The molecule has 0 aliphatic rings. The molecular weight excluding hydrogens is 263 g/mol. The van der Waals surface area contributed by atoms with E-state index >= 15 is 0 Å². The van der Waals surface area contributed by atoms with Crippen LogP contribution in [0.1, 0.15) is 11.1 Å². The smallest absolute Gasteiger partial charge is 0.275 e. The minimum Gasteiger partial charge on any atom is -0.486 e. The first kappa shape index (κ1) is 13.8. The molecule has 0 aliphatic carbocycles. The molecule has 0 unspecified atom stereocenters. The van der Waals surface area contributed by atoms with Crippen LogP contribution in [-0.4, -0.2) is 4.92 Å². The van der Waals surface area contributed by atoms with Crippen LogP contribution in [0.2, 0.25) is 0 Å². The number of nitrogen functional groups attached to an aromatic ring is 1. The lowest BCUT2D eigenvalue weighted by Crippen LogP contribution is -2.00. The van der Waals surface area contributed by atoms with Crippen molar-refractivity contribution in [2.45, 2.75) is 13.5 Å². The minimum atomic E-state index is -0.758. The standard InChI is InChI=1S/C14H13FN2O3/c1-9-5-14(12(15)7-13(9)17(18)19)20-8-10-3-2-4-11(16)6-10/h2-7H,8,16H2,1H3. The fraction of sp³-hybridized carbons (Fsp3) is 0.143. The molecule has 0 aromatic heterocycles. The zero-order chi connectivity index (χ0) is 14.7. The van der Waals surface area contributed by atoms with E-state index in [0.717, 1.165) is 11.6 Å². The van der Waals surface area contributed by atoms with Gasteiger partial charge >= 0.3 is 0 Å². The number of hydrogen-bond acceptors (Lipinski definition) is 4. The van der Waals surface area contributed by atoms with Crippen LogP contribution in [-0.2, 0) is 6.61 Å². The van der Waals surface area contributed by atoms with Crippen molar-refractivity contribution in [3.63, 3.8) is 0 Å². The number of nitro benzene ring substituents is 1. The highest BCUT2D eigenvalue weighted by Gasteiger charge is 2.16. The molecule has 0 saturated carbocycles. The largest absolute Gasteiger partial charge is 0.486 e. The lowest BCUT2D eigenvalue weighted by atomic mass is 10.2. The van der Waals surface area contributed by atoms with E-state index in [1.165, 1.54) is 13.0 Å². The molecule has 0 radical (unpaired) electrons. The van der Waals surface area contributed by atoms with E-state index in [1.807, 2.05) is 0 Å². The summed E-state index contributed by atoms with van der Waals surface area (Å²) in [7, 11) is 0. The Morgan fingerprint density at radius 1 is 1.35 bits per heavy atom. The van der Waals surface area contributed by atoms with Crippen molar-refractivity contribution >= 4 is 11.4 Å². The second kappa shape index (κ2) is 5.56. The van der Waals surface area contributed by atoms with Crippen LogP contribution in [0.4, 0.5) is 15.8 Å². The van der Waals surface area contributed by atoms with Gasteiger partial charge in [-0.2, -0.15) is 0 Å². The maximum atomic E-state index is 13.7. The number of rotatable bonds is 4. The molecule has 2 rings (SSSR count). The average molecular weight is 276 g/mol. The van der Waals surface area contributed by atoms with Gasteiger partial charge in [-0.15, -0.1) is 0 Å². The molecule has 0 fully saturated rings. The maximum Gasteiger partial charge on any atom is 0.275 e. The summed E-state index contributed by atoms with van der Waals surface area (Å²) in [6.07, 6.45) is 0. The Morgan fingerprint density at radius 3 is 2.75 bits per heavy atom. The molecule has 2 N–H and O–H groups in total. The van der Waals surface area contributed by atoms with Crippen molar-refractivity contribution in [2.75, 3.05) is 5.73 Å². The Labute approximate surface area is 114 Å². The zero-order valence-corrected chi connectivity index (χ0v) is 10.8. The van der Waals surface area contributed by atoms with Crippen molar-refractivity contribution in [1.82, 2.24) is 0 Å². The van der Waals surface area contributed by atoms with Crippen LogP contribution in [0.5, 0.6) is 5.75 Å². The van der Waals surface area contributed by atoms with Gasteiger partial charge in [0.2, 0.25) is 0 Å².